The lowest BCUT2D eigenvalue weighted by Crippen LogP contribution is -2.53. The van der Waals surface area contributed by atoms with E-state index in [0.717, 1.165) is 6.42 Å². The zero-order valence-corrected chi connectivity index (χ0v) is 16.7. The van der Waals surface area contributed by atoms with Crippen LogP contribution in [0.25, 0.3) is 0 Å². The van der Waals surface area contributed by atoms with E-state index < -0.39 is 5.60 Å². The second-order valence-corrected chi connectivity index (χ2v) is 7.73. The zero-order chi connectivity index (χ0) is 19.4. The number of β-amino-alcohol motifs (C(OH)–C–C–N with tert-alkyl or cyclic N) is 1. The van der Waals surface area contributed by atoms with E-state index in [1.165, 1.54) is 0 Å². The number of aryl methyl sites for hydroxylation is 1. The molecule has 2 aromatic rings. The van der Waals surface area contributed by atoms with Gasteiger partial charge in [-0.1, -0.05) is 36.2 Å². The van der Waals surface area contributed by atoms with E-state index in [4.69, 9.17) is 27.9 Å². The normalized spacial score (nSPS) is 19.9. The first kappa shape index (κ1) is 20.0. The van der Waals surface area contributed by atoms with Crippen LogP contribution in [0.5, 0.6) is 5.75 Å². The van der Waals surface area contributed by atoms with Crippen molar-refractivity contribution >= 4 is 29.1 Å². The Morgan fingerprint density at radius 1 is 1.41 bits per heavy atom. The number of carbonyl (C=O) groups excluding carboxylic acids is 1. The molecule has 2 heterocycles. The molecule has 3 rings (SSSR count). The van der Waals surface area contributed by atoms with Gasteiger partial charge in [0.25, 0.3) is 5.91 Å². The molecule has 1 amide bonds. The van der Waals surface area contributed by atoms with E-state index in [9.17, 15) is 9.90 Å². The quantitative estimate of drug-likeness (QED) is 0.787. The van der Waals surface area contributed by atoms with Gasteiger partial charge in [-0.3, -0.25) is 9.48 Å². The smallest absolute Gasteiger partial charge is 0.276 e. The maximum absolute atomic E-state index is 12.8. The number of benzene rings is 1. The molecule has 1 aromatic carbocycles. The Balaban J connectivity index is 1.66. The fourth-order valence-electron chi connectivity index (χ4n) is 3.21. The fourth-order valence-corrected chi connectivity index (χ4v) is 3.62. The minimum absolute atomic E-state index is 0.0785. The monoisotopic (exact) mass is 411 g/mol. The summed E-state index contributed by atoms with van der Waals surface area (Å²) < 4.78 is 7.38. The molecule has 1 atom stereocenters. The van der Waals surface area contributed by atoms with Crippen LogP contribution in [-0.4, -0.2) is 51.0 Å². The van der Waals surface area contributed by atoms with E-state index in [-0.39, 0.29) is 24.8 Å². The van der Waals surface area contributed by atoms with Crippen molar-refractivity contribution in [2.24, 2.45) is 0 Å². The van der Waals surface area contributed by atoms with Gasteiger partial charge >= 0.3 is 0 Å². The van der Waals surface area contributed by atoms with Gasteiger partial charge in [0.1, 0.15) is 18.0 Å². The van der Waals surface area contributed by atoms with Gasteiger partial charge in [0.05, 0.1) is 11.6 Å². The molecule has 0 aliphatic carbocycles. The van der Waals surface area contributed by atoms with Crippen molar-refractivity contribution in [2.45, 2.75) is 38.3 Å². The lowest BCUT2D eigenvalue weighted by Gasteiger charge is -2.38. The van der Waals surface area contributed by atoms with Crippen LogP contribution in [0, 0.1) is 0 Å². The molecule has 1 aromatic heterocycles. The summed E-state index contributed by atoms with van der Waals surface area (Å²) >= 11 is 12.1. The van der Waals surface area contributed by atoms with Gasteiger partial charge in [-0.2, -0.15) is 5.10 Å². The second-order valence-electron chi connectivity index (χ2n) is 6.89. The molecule has 0 bridgehead atoms. The van der Waals surface area contributed by atoms with Crippen molar-refractivity contribution < 1.29 is 14.6 Å². The van der Waals surface area contributed by atoms with Crippen molar-refractivity contribution in [2.75, 3.05) is 19.7 Å². The van der Waals surface area contributed by atoms with Crippen molar-refractivity contribution in [3.05, 3.63) is 46.2 Å². The molecular weight excluding hydrogens is 389 g/mol. The first-order valence-electron chi connectivity index (χ1n) is 9.03. The number of piperidine rings is 1. The standard InChI is InChI=1S/C19H23Cl2N3O3/c1-2-8-24-11-16(21)17(22-24)18(25)23-9-4-7-19(26,12-23)13-27-15-6-3-5-14(20)10-15/h3,5-6,10-11,26H,2,4,7-9,12-13H2,1H3. The van der Waals surface area contributed by atoms with Gasteiger partial charge in [-0.05, 0) is 37.5 Å². The van der Waals surface area contributed by atoms with Crippen LogP contribution in [-0.2, 0) is 6.54 Å². The zero-order valence-electron chi connectivity index (χ0n) is 15.2. The lowest BCUT2D eigenvalue weighted by atomic mass is 9.93. The van der Waals surface area contributed by atoms with Crippen LogP contribution >= 0.6 is 23.2 Å². The highest BCUT2D eigenvalue weighted by molar-refractivity contribution is 6.33. The molecule has 6 nitrogen and oxygen atoms in total. The Kier molecular flexibility index (Phi) is 6.29. The largest absolute Gasteiger partial charge is 0.490 e. The molecule has 146 valence electrons. The number of halogens is 2. The topological polar surface area (TPSA) is 67.6 Å². The molecule has 1 N–H and O–H groups in total. The average Bonchev–Trinajstić information content (AvgIpc) is 3.00. The third-order valence-corrected chi connectivity index (χ3v) is 5.03. The summed E-state index contributed by atoms with van der Waals surface area (Å²) in [5.74, 6) is 0.316. The van der Waals surface area contributed by atoms with E-state index in [0.29, 0.717) is 41.7 Å². The molecule has 1 aliphatic rings. The van der Waals surface area contributed by atoms with Crippen LogP contribution in [0.2, 0.25) is 10.0 Å². The number of nitrogens with zero attached hydrogens (tertiary/aromatic N) is 3. The summed E-state index contributed by atoms with van der Waals surface area (Å²) in [6.45, 7) is 3.53. The maximum atomic E-state index is 12.8. The Morgan fingerprint density at radius 2 is 2.22 bits per heavy atom. The lowest BCUT2D eigenvalue weighted by molar-refractivity contribution is -0.0533. The van der Waals surface area contributed by atoms with E-state index in [1.54, 1.807) is 40.0 Å². The van der Waals surface area contributed by atoms with Gasteiger partial charge in [0, 0.05) is 24.3 Å². The number of aliphatic hydroxyl groups is 1. The van der Waals surface area contributed by atoms with Crippen LogP contribution in [0.1, 0.15) is 36.7 Å². The number of amides is 1. The molecule has 0 saturated carbocycles. The average molecular weight is 412 g/mol. The Morgan fingerprint density at radius 3 is 2.96 bits per heavy atom. The van der Waals surface area contributed by atoms with Gasteiger partial charge < -0.3 is 14.7 Å². The van der Waals surface area contributed by atoms with Crippen LogP contribution in [0.15, 0.2) is 30.5 Å². The van der Waals surface area contributed by atoms with Crippen molar-refractivity contribution in [3.8, 4) is 5.75 Å². The fraction of sp³-hybridized carbons (Fsp3) is 0.474. The third kappa shape index (κ3) is 4.94. The number of aromatic nitrogens is 2. The third-order valence-electron chi connectivity index (χ3n) is 4.52. The number of hydrogen-bond acceptors (Lipinski definition) is 4. The van der Waals surface area contributed by atoms with E-state index in [1.807, 2.05) is 6.92 Å². The highest BCUT2D eigenvalue weighted by Gasteiger charge is 2.37. The van der Waals surface area contributed by atoms with E-state index in [2.05, 4.69) is 5.10 Å². The van der Waals surface area contributed by atoms with Crippen LogP contribution < -0.4 is 4.74 Å². The minimum atomic E-state index is -1.13. The number of rotatable bonds is 6. The molecule has 1 fully saturated rings. The van der Waals surface area contributed by atoms with Crippen LogP contribution in [0.4, 0.5) is 0 Å². The molecule has 0 spiro atoms. The molecular formula is C19H23Cl2N3O3. The molecule has 8 heteroatoms. The van der Waals surface area contributed by atoms with E-state index >= 15 is 0 Å². The molecule has 27 heavy (non-hydrogen) atoms. The number of carbonyl (C=O) groups is 1. The highest BCUT2D eigenvalue weighted by Crippen LogP contribution is 2.26. The first-order valence-corrected chi connectivity index (χ1v) is 9.79. The summed E-state index contributed by atoms with van der Waals surface area (Å²) in [4.78, 5) is 14.4. The van der Waals surface area contributed by atoms with Crippen molar-refractivity contribution in [1.29, 1.82) is 0 Å². The summed E-state index contributed by atoms with van der Waals surface area (Å²) in [5.41, 5.74) is -0.903. The molecule has 1 saturated heterocycles. The first-order chi connectivity index (χ1) is 12.9. The Hall–Kier alpha value is -1.76. The molecule has 1 aliphatic heterocycles. The summed E-state index contributed by atoms with van der Waals surface area (Å²) in [6, 6.07) is 7.01. The number of ether oxygens (including phenoxy) is 1. The van der Waals surface area contributed by atoms with Gasteiger partial charge in [-0.25, -0.2) is 0 Å². The van der Waals surface area contributed by atoms with Gasteiger partial charge in [0.2, 0.25) is 0 Å². The summed E-state index contributed by atoms with van der Waals surface area (Å²) in [7, 11) is 0. The molecule has 0 radical (unpaired) electrons. The summed E-state index contributed by atoms with van der Waals surface area (Å²) in [5, 5.41) is 16.1. The number of hydrogen-bond donors (Lipinski definition) is 1. The van der Waals surface area contributed by atoms with Gasteiger partial charge in [-0.15, -0.1) is 0 Å². The Labute approximate surface area is 168 Å². The predicted octanol–water partition coefficient (Wildman–Crippen LogP) is 3.65. The highest BCUT2D eigenvalue weighted by atomic mass is 35.5. The Bertz CT molecular complexity index is 811. The molecule has 1 unspecified atom stereocenters. The maximum Gasteiger partial charge on any atom is 0.276 e. The second kappa shape index (κ2) is 8.50. The van der Waals surface area contributed by atoms with Crippen molar-refractivity contribution in [3.63, 3.8) is 0 Å². The van der Waals surface area contributed by atoms with Gasteiger partial charge in [0.15, 0.2) is 5.69 Å². The summed E-state index contributed by atoms with van der Waals surface area (Å²) in [6.07, 6.45) is 3.79. The van der Waals surface area contributed by atoms with Crippen molar-refractivity contribution in [1.82, 2.24) is 14.7 Å². The SMILES string of the molecule is CCCn1cc(Cl)c(C(=O)N2CCCC(O)(COc3cccc(Cl)c3)C2)n1. The predicted molar refractivity (Wildman–Crippen MR) is 105 cm³/mol. The van der Waals surface area contributed by atoms with Crippen LogP contribution in [0.3, 0.4) is 0 Å². The minimum Gasteiger partial charge on any atom is -0.490 e. The number of likely N-dealkylation sites (tertiary alicyclic amines) is 1.